The van der Waals surface area contributed by atoms with Gasteiger partial charge in [-0.2, -0.15) is 0 Å². The molecular weight excluding hydrogens is 308 g/mol. The minimum Gasteiger partial charge on any atom is -0.293 e. The number of hydrogen-bond acceptors (Lipinski definition) is 2. The van der Waals surface area contributed by atoms with Crippen LogP contribution in [0.25, 0.3) is 28.0 Å². The standard InChI is InChI=1S/C22H16N2O/c25-21-18-13-12-15-7-4-5-10-17(15)20(18)24(16-8-2-1-3-9-16)22-19(21)11-6-14-23-22/h1-11,14H,12-13H2. The molecule has 2 aromatic heterocycles. The van der Waals surface area contributed by atoms with Crippen molar-refractivity contribution >= 4 is 11.0 Å². The molecule has 5 rings (SSSR count). The SMILES string of the molecule is O=c1c2c(n(-c3ccccc3)c3ncccc13)-c1ccccc1CC2. The first kappa shape index (κ1) is 14.2. The van der Waals surface area contributed by atoms with Crippen molar-refractivity contribution < 1.29 is 0 Å². The average molecular weight is 324 g/mol. The Kier molecular flexibility index (Phi) is 3.07. The summed E-state index contributed by atoms with van der Waals surface area (Å²) in [5.41, 5.74) is 6.16. The fraction of sp³-hybridized carbons (Fsp3) is 0.0909. The lowest BCUT2D eigenvalue weighted by Crippen LogP contribution is -2.22. The smallest absolute Gasteiger partial charge is 0.194 e. The number of hydrogen-bond donors (Lipinski definition) is 0. The number of aryl methyl sites for hydroxylation is 1. The number of pyridine rings is 2. The van der Waals surface area contributed by atoms with E-state index in [1.165, 1.54) is 5.56 Å². The van der Waals surface area contributed by atoms with E-state index < -0.39 is 0 Å². The third-order valence-corrected chi connectivity index (χ3v) is 4.96. The highest BCUT2D eigenvalue weighted by molar-refractivity contribution is 5.85. The number of benzene rings is 2. The maximum Gasteiger partial charge on any atom is 0.194 e. The molecule has 0 saturated carbocycles. The molecule has 0 atom stereocenters. The van der Waals surface area contributed by atoms with Crippen LogP contribution in [0, 0.1) is 0 Å². The lowest BCUT2D eigenvalue weighted by molar-refractivity contribution is 0.899. The summed E-state index contributed by atoms with van der Waals surface area (Å²) < 4.78 is 2.14. The van der Waals surface area contributed by atoms with Gasteiger partial charge in [-0.15, -0.1) is 0 Å². The molecule has 3 nitrogen and oxygen atoms in total. The zero-order chi connectivity index (χ0) is 16.8. The predicted octanol–water partition coefficient (Wildman–Crippen LogP) is 4.15. The van der Waals surface area contributed by atoms with Crippen molar-refractivity contribution in [3.8, 4) is 16.9 Å². The van der Waals surface area contributed by atoms with Gasteiger partial charge in [0.25, 0.3) is 0 Å². The van der Waals surface area contributed by atoms with Crippen LogP contribution in [0.3, 0.4) is 0 Å². The summed E-state index contributed by atoms with van der Waals surface area (Å²) in [6, 6.07) is 22.3. The van der Waals surface area contributed by atoms with E-state index in [0.29, 0.717) is 11.0 Å². The van der Waals surface area contributed by atoms with Gasteiger partial charge in [0, 0.05) is 23.0 Å². The highest BCUT2D eigenvalue weighted by Gasteiger charge is 2.24. The molecule has 2 heterocycles. The molecule has 120 valence electrons. The molecule has 4 aromatic rings. The van der Waals surface area contributed by atoms with Gasteiger partial charge in [-0.1, -0.05) is 42.5 Å². The largest absolute Gasteiger partial charge is 0.293 e. The minimum absolute atomic E-state index is 0.111. The molecule has 3 heteroatoms. The fourth-order valence-corrected chi connectivity index (χ4v) is 3.84. The summed E-state index contributed by atoms with van der Waals surface area (Å²) in [4.78, 5) is 17.7. The fourth-order valence-electron chi connectivity index (χ4n) is 3.84. The van der Waals surface area contributed by atoms with Crippen LogP contribution >= 0.6 is 0 Å². The molecule has 0 amide bonds. The van der Waals surface area contributed by atoms with Gasteiger partial charge in [0.1, 0.15) is 5.65 Å². The third-order valence-electron chi connectivity index (χ3n) is 4.96. The molecule has 0 saturated heterocycles. The molecule has 1 aliphatic carbocycles. The van der Waals surface area contributed by atoms with Crippen LogP contribution in [0.15, 0.2) is 77.7 Å². The van der Waals surface area contributed by atoms with Crippen LogP contribution in [0.4, 0.5) is 0 Å². The summed E-state index contributed by atoms with van der Waals surface area (Å²) in [6.45, 7) is 0. The topological polar surface area (TPSA) is 34.9 Å². The molecule has 0 radical (unpaired) electrons. The van der Waals surface area contributed by atoms with Gasteiger partial charge in [0.2, 0.25) is 0 Å². The first-order valence-electron chi connectivity index (χ1n) is 8.51. The molecule has 0 unspecified atom stereocenters. The molecule has 0 spiro atoms. The summed E-state index contributed by atoms with van der Waals surface area (Å²) in [5.74, 6) is 0. The predicted molar refractivity (Wildman–Crippen MR) is 100 cm³/mol. The highest BCUT2D eigenvalue weighted by Crippen LogP contribution is 2.35. The number of rotatable bonds is 1. The molecule has 0 fully saturated rings. The minimum atomic E-state index is 0.111. The molecule has 0 N–H and O–H groups in total. The summed E-state index contributed by atoms with van der Waals surface area (Å²) in [7, 11) is 0. The molecule has 25 heavy (non-hydrogen) atoms. The Morgan fingerprint density at radius 3 is 2.52 bits per heavy atom. The molecule has 2 aromatic carbocycles. The van der Waals surface area contributed by atoms with Crippen molar-refractivity contribution in [3.63, 3.8) is 0 Å². The Bertz CT molecular complexity index is 1160. The Morgan fingerprint density at radius 1 is 0.840 bits per heavy atom. The van der Waals surface area contributed by atoms with E-state index in [-0.39, 0.29) is 5.43 Å². The van der Waals surface area contributed by atoms with Crippen molar-refractivity contribution in [3.05, 3.63) is 94.3 Å². The Labute approximate surface area is 145 Å². The number of nitrogens with zero attached hydrogens (tertiary/aromatic N) is 2. The van der Waals surface area contributed by atoms with Crippen molar-refractivity contribution in [1.82, 2.24) is 9.55 Å². The lowest BCUT2D eigenvalue weighted by Gasteiger charge is -2.25. The van der Waals surface area contributed by atoms with E-state index >= 15 is 0 Å². The lowest BCUT2D eigenvalue weighted by atomic mass is 9.87. The molecular formula is C22H16N2O. The van der Waals surface area contributed by atoms with Crippen molar-refractivity contribution in [2.24, 2.45) is 0 Å². The van der Waals surface area contributed by atoms with Crippen LogP contribution in [-0.4, -0.2) is 9.55 Å². The van der Waals surface area contributed by atoms with Gasteiger partial charge >= 0.3 is 0 Å². The van der Waals surface area contributed by atoms with Gasteiger partial charge in [-0.25, -0.2) is 4.98 Å². The summed E-state index contributed by atoms with van der Waals surface area (Å²) in [5, 5.41) is 0.685. The molecule has 1 aliphatic rings. The number of fused-ring (bicyclic) bond motifs is 4. The maximum absolute atomic E-state index is 13.1. The first-order chi connectivity index (χ1) is 12.3. The normalized spacial score (nSPS) is 12.6. The maximum atomic E-state index is 13.1. The van der Waals surface area contributed by atoms with Crippen molar-refractivity contribution in [1.29, 1.82) is 0 Å². The second kappa shape index (κ2) is 5.42. The number of aromatic nitrogens is 2. The van der Waals surface area contributed by atoms with E-state index in [2.05, 4.69) is 39.9 Å². The van der Waals surface area contributed by atoms with Crippen LogP contribution in [0.2, 0.25) is 0 Å². The van der Waals surface area contributed by atoms with Crippen LogP contribution in [0.1, 0.15) is 11.1 Å². The van der Waals surface area contributed by atoms with E-state index in [4.69, 9.17) is 0 Å². The van der Waals surface area contributed by atoms with Crippen LogP contribution < -0.4 is 5.43 Å². The quantitative estimate of drug-likeness (QED) is 0.527. The monoisotopic (exact) mass is 324 g/mol. The second-order valence-corrected chi connectivity index (χ2v) is 6.36. The van der Waals surface area contributed by atoms with Gasteiger partial charge in [0.15, 0.2) is 5.43 Å². The Hall–Kier alpha value is -3.20. The van der Waals surface area contributed by atoms with E-state index in [0.717, 1.165) is 35.3 Å². The zero-order valence-corrected chi connectivity index (χ0v) is 13.6. The zero-order valence-electron chi connectivity index (χ0n) is 13.6. The second-order valence-electron chi connectivity index (χ2n) is 6.36. The molecule has 0 aliphatic heterocycles. The summed E-state index contributed by atoms with van der Waals surface area (Å²) >= 11 is 0. The van der Waals surface area contributed by atoms with Crippen molar-refractivity contribution in [2.75, 3.05) is 0 Å². The van der Waals surface area contributed by atoms with Crippen molar-refractivity contribution in [2.45, 2.75) is 12.8 Å². The van der Waals surface area contributed by atoms with Gasteiger partial charge in [0.05, 0.1) is 11.1 Å². The highest BCUT2D eigenvalue weighted by atomic mass is 16.1. The van der Waals surface area contributed by atoms with E-state index in [1.807, 2.05) is 36.4 Å². The average Bonchev–Trinajstić information content (AvgIpc) is 2.69. The van der Waals surface area contributed by atoms with Gasteiger partial charge in [-0.3, -0.25) is 9.36 Å². The van der Waals surface area contributed by atoms with E-state index in [9.17, 15) is 4.79 Å². The third kappa shape index (κ3) is 2.06. The number of para-hydroxylation sites is 1. The molecule has 0 bridgehead atoms. The Morgan fingerprint density at radius 2 is 1.64 bits per heavy atom. The summed E-state index contributed by atoms with van der Waals surface area (Å²) in [6.07, 6.45) is 3.42. The van der Waals surface area contributed by atoms with Crippen LogP contribution in [0.5, 0.6) is 0 Å². The first-order valence-corrected chi connectivity index (χ1v) is 8.51. The van der Waals surface area contributed by atoms with Gasteiger partial charge in [-0.05, 0) is 42.7 Å². The Balaban J connectivity index is 2.02. The van der Waals surface area contributed by atoms with Crippen LogP contribution in [-0.2, 0) is 12.8 Å². The van der Waals surface area contributed by atoms with E-state index in [1.54, 1.807) is 6.20 Å². The van der Waals surface area contributed by atoms with Gasteiger partial charge < -0.3 is 0 Å².